The summed E-state index contributed by atoms with van der Waals surface area (Å²) < 4.78 is 12.8. The second-order valence-electron chi connectivity index (χ2n) is 6.71. The van der Waals surface area contributed by atoms with Crippen LogP contribution in [-0.4, -0.2) is 17.0 Å². The van der Waals surface area contributed by atoms with E-state index >= 15 is 0 Å². The van der Waals surface area contributed by atoms with Crippen LogP contribution in [0.1, 0.15) is 55.5 Å². The lowest BCUT2D eigenvalue weighted by molar-refractivity contribution is 0.0981. The first kappa shape index (κ1) is 19.2. The van der Waals surface area contributed by atoms with E-state index in [2.05, 4.69) is 0 Å². The average molecular weight is 355 g/mol. The lowest BCUT2D eigenvalue weighted by atomic mass is 9.95. The van der Waals surface area contributed by atoms with E-state index in [1.54, 1.807) is 6.92 Å². The Balaban J connectivity index is 2.37. The molecule has 0 N–H and O–H groups in total. The number of ketones is 1. The van der Waals surface area contributed by atoms with E-state index in [0.717, 1.165) is 27.8 Å². The third-order valence-corrected chi connectivity index (χ3v) is 6.11. The Hall–Kier alpha value is -2.12. The molecule has 0 heterocycles. The predicted molar refractivity (Wildman–Crippen MR) is 102 cm³/mol. The van der Waals surface area contributed by atoms with Gasteiger partial charge in [-0.2, -0.15) is 0 Å². The van der Waals surface area contributed by atoms with Gasteiger partial charge in [-0.15, -0.1) is 0 Å². The number of carbonyl (C=O) groups excluding carboxylic acids is 2. The second kappa shape index (κ2) is 7.41. The quantitative estimate of drug-likeness (QED) is 0.528. The summed E-state index contributed by atoms with van der Waals surface area (Å²) in [4.78, 5) is 25.7. The molecule has 0 amide bonds. The summed E-state index contributed by atoms with van der Waals surface area (Å²) in [6.45, 7) is 11.0. The molecule has 3 nitrogen and oxygen atoms in total. The van der Waals surface area contributed by atoms with Crippen LogP contribution in [0.25, 0.3) is 0 Å². The SMILES string of the molecule is Cc1cc(C)c(C(=O)C(C)[P](=O)C(=O)c2c(C)cccc2C)c(C)c1. The van der Waals surface area contributed by atoms with Gasteiger partial charge in [-0.1, -0.05) is 35.9 Å². The van der Waals surface area contributed by atoms with E-state index in [4.69, 9.17) is 0 Å². The molecule has 2 atom stereocenters. The van der Waals surface area contributed by atoms with Crippen molar-refractivity contribution in [2.45, 2.75) is 47.2 Å². The summed E-state index contributed by atoms with van der Waals surface area (Å²) in [6.07, 6.45) is 0. The molecule has 0 aromatic heterocycles. The van der Waals surface area contributed by atoms with Crippen molar-refractivity contribution in [3.63, 3.8) is 0 Å². The number of aryl methyl sites for hydroxylation is 5. The highest BCUT2D eigenvalue weighted by Gasteiger charge is 2.31. The molecular weight excluding hydrogens is 331 g/mol. The molecule has 0 aliphatic rings. The summed E-state index contributed by atoms with van der Waals surface area (Å²) in [5, 5.41) is 0. The highest BCUT2D eigenvalue weighted by Crippen LogP contribution is 2.37. The van der Waals surface area contributed by atoms with Crippen LogP contribution in [0.15, 0.2) is 30.3 Å². The van der Waals surface area contributed by atoms with Crippen LogP contribution in [0.3, 0.4) is 0 Å². The normalized spacial score (nSPS) is 12.6. The highest BCUT2D eigenvalue weighted by molar-refractivity contribution is 7.66. The van der Waals surface area contributed by atoms with Crippen molar-refractivity contribution in [3.05, 3.63) is 69.3 Å². The van der Waals surface area contributed by atoms with Crippen molar-refractivity contribution in [2.75, 3.05) is 0 Å². The van der Waals surface area contributed by atoms with Crippen LogP contribution in [0.5, 0.6) is 0 Å². The van der Waals surface area contributed by atoms with Crippen molar-refractivity contribution in [2.24, 2.45) is 0 Å². The van der Waals surface area contributed by atoms with Gasteiger partial charge in [-0.25, -0.2) is 0 Å². The molecule has 131 valence electrons. The third kappa shape index (κ3) is 3.77. The first-order chi connectivity index (χ1) is 11.6. The van der Waals surface area contributed by atoms with E-state index < -0.39 is 19.0 Å². The lowest BCUT2D eigenvalue weighted by Gasteiger charge is -2.15. The summed E-state index contributed by atoms with van der Waals surface area (Å²) in [5.74, 6) is -0.226. The molecule has 0 fully saturated rings. The zero-order chi connectivity index (χ0) is 18.9. The van der Waals surface area contributed by atoms with Gasteiger partial charge in [0.2, 0.25) is 5.52 Å². The van der Waals surface area contributed by atoms with Gasteiger partial charge in [0.1, 0.15) is 0 Å². The fraction of sp³-hybridized carbons (Fsp3) is 0.333. The molecule has 0 saturated carbocycles. The van der Waals surface area contributed by atoms with Gasteiger partial charge < -0.3 is 0 Å². The van der Waals surface area contributed by atoms with E-state index in [0.29, 0.717) is 11.1 Å². The zero-order valence-corrected chi connectivity index (χ0v) is 16.5. The smallest absolute Gasteiger partial charge is 0.243 e. The van der Waals surface area contributed by atoms with E-state index in [1.807, 2.05) is 65.0 Å². The summed E-state index contributed by atoms with van der Waals surface area (Å²) >= 11 is 0. The highest BCUT2D eigenvalue weighted by atomic mass is 31.1. The Morgan fingerprint density at radius 3 is 1.80 bits per heavy atom. The third-order valence-electron chi connectivity index (χ3n) is 4.55. The molecule has 0 aliphatic carbocycles. The second-order valence-corrected chi connectivity index (χ2v) is 8.54. The molecule has 2 aromatic rings. The Labute approximate surface area is 150 Å². The van der Waals surface area contributed by atoms with Gasteiger partial charge in [-0.05, 0) is 63.8 Å². The minimum atomic E-state index is -2.35. The zero-order valence-electron chi connectivity index (χ0n) is 15.6. The first-order valence-corrected chi connectivity index (χ1v) is 9.67. The van der Waals surface area contributed by atoms with Crippen LogP contribution in [0.2, 0.25) is 0 Å². The van der Waals surface area contributed by atoms with Crippen molar-refractivity contribution < 1.29 is 14.2 Å². The monoisotopic (exact) mass is 355 g/mol. The molecule has 2 rings (SSSR count). The molecule has 2 aromatic carbocycles. The Morgan fingerprint density at radius 2 is 1.32 bits per heavy atom. The molecule has 2 unspecified atom stereocenters. The minimum absolute atomic E-state index is 0.226. The van der Waals surface area contributed by atoms with Crippen molar-refractivity contribution >= 4 is 19.1 Å². The van der Waals surface area contributed by atoms with Crippen LogP contribution >= 0.6 is 7.80 Å². The van der Waals surface area contributed by atoms with Crippen molar-refractivity contribution in [1.29, 1.82) is 0 Å². The van der Waals surface area contributed by atoms with Crippen LogP contribution in [0, 0.1) is 34.6 Å². The number of carbonyl (C=O) groups is 2. The topological polar surface area (TPSA) is 51.2 Å². The largest absolute Gasteiger partial charge is 0.293 e. The van der Waals surface area contributed by atoms with Gasteiger partial charge in [0, 0.05) is 11.1 Å². The number of benzene rings is 2. The number of hydrogen-bond donors (Lipinski definition) is 0. The van der Waals surface area contributed by atoms with Gasteiger partial charge in [0.05, 0.1) is 5.66 Å². The van der Waals surface area contributed by atoms with E-state index in [9.17, 15) is 14.2 Å². The maximum Gasteiger partial charge on any atom is 0.243 e. The van der Waals surface area contributed by atoms with Crippen molar-refractivity contribution in [3.8, 4) is 0 Å². The van der Waals surface area contributed by atoms with E-state index in [1.165, 1.54) is 0 Å². The molecule has 0 saturated heterocycles. The van der Waals surface area contributed by atoms with Gasteiger partial charge >= 0.3 is 0 Å². The average Bonchev–Trinajstić information content (AvgIpc) is 2.52. The standard InChI is InChI=1S/C21H24O3P/c1-12-10-15(4)18(16(5)11-12)20(22)17(6)25(24)21(23)19-13(2)8-7-9-14(19)3/h7-11,17H,1-6H3. The summed E-state index contributed by atoms with van der Waals surface area (Å²) in [5.41, 5.74) is 4.14. The van der Waals surface area contributed by atoms with Crippen molar-refractivity contribution in [1.82, 2.24) is 0 Å². The Bertz CT molecular complexity index is 837. The maximum absolute atomic E-state index is 12.9. The molecular formula is C21H24O3P. The summed E-state index contributed by atoms with van der Waals surface area (Å²) in [6, 6.07) is 9.39. The van der Waals surface area contributed by atoms with E-state index in [-0.39, 0.29) is 5.78 Å². The Kier molecular flexibility index (Phi) is 5.69. The van der Waals surface area contributed by atoms with Crippen LogP contribution < -0.4 is 0 Å². The maximum atomic E-state index is 12.9. The fourth-order valence-corrected chi connectivity index (χ4v) is 4.59. The molecule has 0 spiro atoms. The molecule has 4 heteroatoms. The molecule has 25 heavy (non-hydrogen) atoms. The van der Waals surface area contributed by atoms with Crippen LogP contribution in [0.4, 0.5) is 0 Å². The number of hydrogen-bond acceptors (Lipinski definition) is 3. The number of rotatable bonds is 5. The van der Waals surface area contributed by atoms with Gasteiger partial charge in [-0.3, -0.25) is 14.2 Å². The molecule has 0 aliphatic heterocycles. The number of Topliss-reactive ketones (excluding diaryl/α,β-unsaturated/α-hetero) is 1. The fourth-order valence-electron chi connectivity index (χ4n) is 3.32. The Morgan fingerprint density at radius 1 is 0.840 bits per heavy atom. The predicted octanol–water partition coefficient (Wildman–Crippen LogP) is 5.47. The molecule has 0 bridgehead atoms. The lowest BCUT2D eigenvalue weighted by Crippen LogP contribution is -2.19. The summed E-state index contributed by atoms with van der Waals surface area (Å²) in [7, 11) is -2.35. The van der Waals surface area contributed by atoms with Gasteiger partial charge in [0.25, 0.3) is 0 Å². The van der Waals surface area contributed by atoms with Gasteiger partial charge in [0.15, 0.2) is 13.6 Å². The molecule has 1 radical (unpaired) electrons. The first-order valence-electron chi connectivity index (χ1n) is 8.34. The minimum Gasteiger partial charge on any atom is -0.293 e. The van der Waals surface area contributed by atoms with Crippen LogP contribution in [-0.2, 0) is 4.57 Å².